The third-order valence-electron chi connectivity index (χ3n) is 1.84. The van der Waals surface area contributed by atoms with E-state index in [9.17, 15) is 0 Å². The molecule has 1 saturated heterocycles. The van der Waals surface area contributed by atoms with Crippen molar-refractivity contribution in [3.05, 3.63) is 0 Å². The lowest BCUT2D eigenvalue weighted by Gasteiger charge is -2.34. The van der Waals surface area contributed by atoms with Gasteiger partial charge >= 0.3 is 0 Å². The fourth-order valence-electron chi connectivity index (χ4n) is 1.17. The maximum absolute atomic E-state index is 5.28. The number of hydrogen-bond acceptors (Lipinski definition) is 2. The van der Waals surface area contributed by atoms with Crippen LogP contribution in [0.2, 0.25) is 0 Å². The maximum Gasteiger partial charge on any atom is 0.169 e. The molecule has 0 radical (unpaired) electrons. The minimum absolute atomic E-state index is 0.406. The SMILES string of the molecule is CNC(=S)N1CCOCC1C. The summed E-state index contributed by atoms with van der Waals surface area (Å²) in [6, 6.07) is 0.406. The van der Waals surface area contributed by atoms with E-state index >= 15 is 0 Å². The summed E-state index contributed by atoms with van der Waals surface area (Å²) < 4.78 is 5.28. The zero-order valence-electron chi connectivity index (χ0n) is 6.96. The van der Waals surface area contributed by atoms with Crippen molar-refractivity contribution in [2.75, 3.05) is 26.8 Å². The molecule has 0 bridgehead atoms. The average Bonchev–Trinajstić information content (AvgIpc) is 2.04. The van der Waals surface area contributed by atoms with Gasteiger partial charge in [0.2, 0.25) is 0 Å². The molecule has 0 aromatic rings. The maximum atomic E-state index is 5.28. The Morgan fingerprint density at radius 2 is 2.45 bits per heavy atom. The molecule has 1 heterocycles. The number of rotatable bonds is 0. The van der Waals surface area contributed by atoms with Crippen molar-refractivity contribution in [3.8, 4) is 0 Å². The quantitative estimate of drug-likeness (QED) is 0.531. The summed E-state index contributed by atoms with van der Waals surface area (Å²) in [6.45, 7) is 4.58. The molecular weight excluding hydrogens is 160 g/mol. The number of thiocarbonyl (C=S) groups is 1. The third-order valence-corrected chi connectivity index (χ3v) is 2.28. The van der Waals surface area contributed by atoms with Crippen molar-refractivity contribution in [1.29, 1.82) is 0 Å². The van der Waals surface area contributed by atoms with E-state index < -0.39 is 0 Å². The molecule has 3 nitrogen and oxygen atoms in total. The van der Waals surface area contributed by atoms with Gasteiger partial charge in [0.05, 0.1) is 19.3 Å². The zero-order chi connectivity index (χ0) is 8.27. The predicted molar refractivity (Wildman–Crippen MR) is 48.6 cm³/mol. The molecule has 1 fully saturated rings. The van der Waals surface area contributed by atoms with Gasteiger partial charge in [-0.25, -0.2) is 0 Å². The Hall–Kier alpha value is -0.350. The topological polar surface area (TPSA) is 24.5 Å². The molecule has 0 aromatic carbocycles. The molecule has 1 aliphatic rings. The number of nitrogens with one attached hydrogen (secondary N) is 1. The van der Waals surface area contributed by atoms with Crippen molar-refractivity contribution < 1.29 is 4.74 Å². The fraction of sp³-hybridized carbons (Fsp3) is 0.857. The van der Waals surface area contributed by atoms with E-state index in [1.54, 1.807) is 0 Å². The summed E-state index contributed by atoms with van der Waals surface area (Å²) in [5.41, 5.74) is 0. The van der Waals surface area contributed by atoms with E-state index in [1.807, 2.05) is 7.05 Å². The first-order valence-electron chi connectivity index (χ1n) is 3.82. The fourth-order valence-corrected chi connectivity index (χ4v) is 1.44. The van der Waals surface area contributed by atoms with Gasteiger partial charge in [0, 0.05) is 13.6 Å². The second-order valence-corrected chi connectivity index (χ2v) is 3.06. The average molecular weight is 174 g/mol. The molecular formula is C7H14N2OS. The van der Waals surface area contributed by atoms with Crippen molar-refractivity contribution in [2.45, 2.75) is 13.0 Å². The summed E-state index contributed by atoms with van der Waals surface area (Å²) in [6.07, 6.45) is 0. The Balaban J connectivity index is 2.47. The lowest BCUT2D eigenvalue weighted by Crippen LogP contribution is -2.50. The lowest BCUT2D eigenvalue weighted by molar-refractivity contribution is 0.0331. The van der Waals surface area contributed by atoms with Crippen LogP contribution in [0.4, 0.5) is 0 Å². The minimum Gasteiger partial charge on any atom is -0.377 e. The smallest absolute Gasteiger partial charge is 0.169 e. The van der Waals surface area contributed by atoms with Gasteiger partial charge in [-0.05, 0) is 19.1 Å². The van der Waals surface area contributed by atoms with Gasteiger partial charge in [-0.15, -0.1) is 0 Å². The Kier molecular flexibility index (Phi) is 3.08. The molecule has 0 saturated carbocycles. The minimum atomic E-state index is 0.406. The van der Waals surface area contributed by atoms with Crippen LogP contribution in [0.1, 0.15) is 6.92 Å². The van der Waals surface area contributed by atoms with Gasteiger partial charge in [-0.2, -0.15) is 0 Å². The molecule has 0 aromatic heterocycles. The summed E-state index contributed by atoms with van der Waals surface area (Å²) >= 11 is 5.11. The second-order valence-electron chi connectivity index (χ2n) is 2.67. The first kappa shape index (κ1) is 8.74. The van der Waals surface area contributed by atoms with E-state index in [1.165, 1.54) is 0 Å². The molecule has 0 amide bonds. The molecule has 4 heteroatoms. The van der Waals surface area contributed by atoms with Crippen LogP contribution in [-0.4, -0.2) is 42.9 Å². The van der Waals surface area contributed by atoms with E-state index in [2.05, 4.69) is 17.1 Å². The summed E-state index contributed by atoms with van der Waals surface area (Å²) in [4.78, 5) is 2.15. The largest absolute Gasteiger partial charge is 0.377 e. The summed E-state index contributed by atoms with van der Waals surface area (Å²) in [7, 11) is 1.85. The van der Waals surface area contributed by atoms with Gasteiger partial charge in [-0.1, -0.05) is 0 Å². The monoisotopic (exact) mass is 174 g/mol. The Bertz CT molecular complexity index is 151. The molecule has 1 atom stereocenters. The molecule has 0 spiro atoms. The highest BCUT2D eigenvalue weighted by Gasteiger charge is 2.19. The molecule has 0 aliphatic carbocycles. The third kappa shape index (κ3) is 2.04. The molecule has 1 unspecified atom stereocenters. The predicted octanol–water partition coefficient (Wildman–Crippen LogP) is 0.211. The van der Waals surface area contributed by atoms with Crippen LogP contribution in [0.3, 0.4) is 0 Å². The highest BCUT2D eigenvalue weighted by atomic mass is 32.1. The first-order chi connectivity index (χ1) is 5.25. The van der Waals surface area contributed by atoms with E-state index in [0.29, 0.717) is 6.04 Å². The van der Waals surface area contributed by atoms with Crippen LogP contribution in [0, 0.1) is 0 Å². The van der Waals surface area contributed by atoms with Crippen molar-refractivity contribution in [1.82, 2.24) is 10.2 Å². The van der Waals surface area contributed by atoms with E-state index in [4.69, 9.17) is 17.0 Å². The van der Waals surface area contributed by atoms with Crippen LogP contribution in [0.25, 0.3) is 0 Å². The number of ether oxygens (including phenoxy) is 1. The second kappa shape index (κ2) is 3.88. The summed E-state index contributed by atoms with van der Waals surface area (Å²) in [5, 5.41) is 3.79. The van der Waals surface area contributed by atoms with Gasteiger partial charge < -0.3 is 15.0 Å². The molecule has 64 valence electrons. The molecule has 1 rings (SSSR count). The van der Waals surface area contributed by atoms with Gasteiger partial charge in [0.15, 0.2) is 5.11 Å². The highest BCUT2D eigenvalue weighted by Crippen LogP contribution is 2.05. The van der Waals surface area contributed by atoms with Crippen LogP contribution >= 0.6 is 12.2 Å². The van der Waals surface area contributed by atoms with Crippen LogP contribution in [0.15, 0.2) is 0 Å². The summed E-state index contributed by atoms with van der Waals surface area (Å²) in [5.74, 6) is 0. The molecule has 1 aliphatic heterocycles. The number of hydrogen-bond donors (Lipinski definition) is 1. The molecule has 11 heavy (non-hydrogen) atoms. The van der Waals surface area contributed by atoms with Crippen molar-refractivity contribution in [3.63, 3.8) is 0 Å². The van der Waals surface area contributed by atoms with Crippen LogP contribution in [0.5, 0.6) is 0 Å². The Morgan fingerprint density at radius 1 is 1.73 bits per heavy atom. The zero-order valence-corrected chi connectivity index (χ0v) is 7.78. The normalized spacial score (nSPS) is 24.9. The van der Waals surface area contributed by atoms with E-state index in [-0.39, 0.29) is 0 Å². The van der Waals surface area contributed by atoms with Gasteiger partial charge in [0.1, 0.15) is 0 Å². The Labute approximate surface area is 72.7 Å². The Morgan fingerprint density at radius 3 is 3.00 bits per heavy atom. The highest BCUT2D eigenvalue weighted by molar-refractivity contribution is 7.80. The van der Waals surface area contributed by atoms with Crippen molar-refractivity contribution >= 4 is 17.3 Å². The molecule has 1 N–H and O–H groups in total. The lowest BCUT2D eigenvalue weighted by atomic mass is 10.3. The van der Waals surface area contributed by atoms with Crippen LogP contribution in [-0.2, 0) is 4.74 Å². The van der Waals surface area contributed by atoms with Crippen molar-refractivity contribution in [2.24, 2.45) is 0 Å². The standard InChI is InChI=1S/C7H14N2OS/c1-6-5-10-4-3-9(6)7(11)8-2/h6H,3-5H2,1-2H3,(H,8,11). The van der Waals surface area contributed by atoms with Gasteiger partial charge in [-0.3, -0.25) is 0 Å². The number of nitrogens with zero attached hydrogens (tertiary/aromatic N) is 1. The van der Waals surface area contributed by atoms with Gasteiger partial charge in [0.25, 0.3) is 0 Å². The number of morpholine rings is 1. The van der Waals surface area contributed by atoms with E-state index in [0.717, 1.165) is 24.9 Å². The first-order valence-corrected chi connectivity index (χ1v) is 4.22. The van der Waals surface area contributed by atoms with Crippen LogP contribution < -0.4 is 5.32 Å².